The Kier molecular flexibility index (Phi) is 16.4. The number of fused-ring (bicyclic) bond motifs is 15. The van der Waals surface area contributed by atoms with Crippen LogP contribution in [-0.4, -0.2) is 30.3 Å². The summed E-state index contributed by atoms with van der Waals surface area (Å²) in [5.74, 6) is 0.513. The summed E-state index contributed by atoms with van der Waals surface area (Å²) in [5.41, 5.74) is 8.51. The van der Waals surface area contributed by atoms with Gasteiger partial charge in [0, 0.05) is 86.5 Å². The monoisotopic (exact) mass is 1120 g/mol. The van der Waals surface area contributed by atoms with E-state index in [0.717, 1.165) is 81.4 Å². The molecule has 0 aliphatic rings. The van der Waals surface area contributed by atoms with Gasteiger partial charge in [0.25, 0.3) is 0 Å². The second-order valence-corrected chi connectivity index (χ2v) is 17.5. The average Bonchev–Trinajstić information content (AvgIpc) is 4.33. The molecule has 372 valence electrons. The van der Waals surface area contributed by atoms with E-state index in [9.17, 15) is 15.3 Å². The molecule has 0 aliphatic carbocycles. The van der Waals surface area contributed by atoms with Crippen LogP contribution in [-0.2, 0) is 39.0 Å². The summed E-state index contributed by atoms with van der Waals surface area (Å²) in [6.07, 6.45) is 5.14. The van der Waals surface area contributed by atoms with Gasteiger partial charge in [-0.3, -0.25) is 15.0 Å². The fourth-order valence-corrected chi connectivity index (χ4v) is 9.95. The van der Waals surface area contributed by atoms with Gasteiger partial charge in [-0.2, -0.15) is 13.8 Å². The number of benzene rings is 9. The van der Waals surface area contributed by atoms with Crippen LogP contribution >= 0.6 is 0 Å². The van der Waals surface area contributed by atoms with Crippen molar-refractivity contribution in [3.63, 3.8) is 0 Å². The van der Waals surface area contributed by atoms with E-state index in [1.54, 1.807) is 50.6 Å². The van der Waals surface area contributed by atoms with Crippen LogP contribution in [0.1, 0.15) is 13.8 Å². The van der Waals surface area contributed by atoms with Crippen LogP contribution in [0.3, 0.4) is 0 Å². The molecule has 3 N–H and O–H groups in total. The fourth-order valence-electron chi connectivity index (χ4n) is 9.95. The number of nitrogens with zero attached hydrogens (tertiary/aromatic N) is 3. The predicted molar refractivity (Wildman–Crippen MR) is 310 cm³/mol. The minimum atomic E-state index is 0. The van der Waals surface area contributed by atoms with Gasteiger partial charge in [0.1, 0.15) is 50.7 Å². The number of hydrogen-bond acceptors (Lipinski definition) is 9. The number of hydrogen-bond donors (Lipinski definition) is 3. The molecule has 11 heteroatoms. The molecule has 78 heavy (non-hydrogen) atoms. The van der Waals surface area contributed by atoms with Crippen molar-refractivity contribution in [2.75, 3.05) is 0 Å². The van der Waals surface area contributed by atoms with Crippen molar-refractivity contribution in [2.45, 2.75) is 13.8 Å². The number of phenolic OH excluding ortho intramolecular Hbond substituents is 3. The molecule has 0 atom stereocenters. The van der Waals surface area contributed by atoms with Crippen molar-refractivity contribution in [1.82, 2.24) is 15.0 Å². The van der Waals surface area contributed by atoms with Crippen LogP contribution in [0.15, 0.2) is 232 Å². The first-order chi connectivity index (χ1) is 37.5. The minimum Gasteiger partial charge on any atom is -0.507 e. The second kappa shape index (κ2) is 23.7. The maximum atomic E-state index is 10.4. The van der Waals surface area contributed by atoms with Crippen LogP contribution in [0.5, 0.6) is 17.2 Å². The van der Waals surface area contributed by atoms with Gasteiger partial charge < -0.3 is 42.4 Å². The molecule has 15 aromatic rings. The first-order valence-corrected chi connectivity index (χ1v) is 24.8. The van der Waals surface area contributed by atoms with Crippen molar-refractivity contribution in [2.24, 2.45) is 0 Å². The molecule has 6 heterocycles. The fraction of sp³-hybridized carbons (Fsp3) is 0.0299. The van der Waals surface area contributed by atoms with Crippen molar-refractivity contribution in [3.05, 3.63) is 233 Å². The minimum absolute atomic E-state index is 0. The van der Waals surface area contributed by atoms with Gasteiger partial charge >= 0.3 is 19.5 Å². The Morgan fingerprint density at radius 3 is 0.795 bits per heavy atom. The normalized spacial score (nSPS) is 10.8. The average molecular weight is 1120 g/mol. The summed E-state index contributed by atoms with van der Waals surface area (Å²) in [6, 6.07) is 64.7. The number of pyridine rings is 3. The maximum absolute atomic E-state index is 10.4. The Balaban J connectivity index is 0.000000136. The summed E-state index contributed by atoms with van der Waals surface area (Å²) in [4.78, 5) is 13.1. The molecular weight excluding hydrogens is 1070 g/mol. The van der Waals surface area contributed by atoms with Crippen molar-refractivity contribution >= 4 is 98.1 Å². The quantitative estimate of drug-likeness (QED) is 0.117. The van der Waals surface area contributed by atoms with Crippen LogP contribution in [0.2, 0.25) is 0 Å². The molecule has 0 amide bonds. The molecule has 9 nitrogen and oxygen atoms in total. The molecule has 0 aliphatic heterocycles. The molecule has 15 rings (SSSR count). The van der Waals surface area contributed by atoms with Crippen LogP contribution in [0.4, 0.5) is 0 Å². The summed E-state index contributed by atoms with van der Waals surface area (Å²) in [5, 5.41) is 43.9. The molecule has 6 aromatic heterocycles. The Hall–Kier alpha value is -8.74. The molecule has 0 saturated heterocycles. The number of aromatic hydroxyl groups is 3. The molecule has 0 radical (unpaired) electrons. The largest absolute Gasteiger partial charge is 2.00 e. The standard InChI is InChI=1S/3C21H13NO2.2C2H5.2Zn/c3*23-18-11-10-16-15-9-8-13-5-1-2-6-14(13)20(15)24-21(16)19(18)17-7-3-4-12-22-17;2*1-2;;/h3*1-12,23H;2*1H2,2H3;;/q;;;2*-1;;+2. The van der Waals surface area contributed by atoms with E-state index < -0.39 is 0 Å². The molecule has 9 aromatic carbocycles. The number of phenols is 3. The summed E-state index contributed by atoms with van der Waals surface area (Å²) >= 11 is 0. The molecule has 0 spiro atoms. The van der Waals surface area contributed by atoms with Gasteiger partial charge in [0.15, 0.2) is 0 Å². The Morgan fingerprint density at radius 2 is 0.526 bits per heavy atom. The van der Waals surface area contributed by atoms with E-state index in [4.69, 9.17) is 13.3 Å². The van der Waals surface area contributed by atoms with Crippen LogP contribution in [0.25, 0.3) is 132 Å². The smallest absolute Gasteiger partial charge is 0.507 e. The SMILES string of the molecule is Oc1ccc2c(oc3c4ccccc4ccc23)c1-c1ccccn1.Oc1ccc2c(oc3c4ccccc4ccc23)c1-c1ccccn1.Oc1ccc2c(oc3c4ccccc4ccc23)c1-c1ccccn1.[CH2-]C.[CH2-]C.[Zn+2].[Zn]. The molecule has 0 unspecified atom stereocenters. The van der Waals surface area contributed by atoms with Gasteiger partial charge in [-0.1, -0.05) is 109 Å². The van der Waals surface area contributed by atoms with Crippen LogP contribution < -0.4 is 0 Å². The first-order valence-electron chi connectivity index (χ1n) is 24.8. The third-order valence-electron chi connectivity index (χ3n) is 13.3. The van der Waals surface area contributed by atoms with Crippen molar-refractivity contribution < 1.29 is 67.5 Å². The van der Waals surface area contributed by atoms with Crippen LogP contribution in [0, 0.1) is 13.8 Å². The number of rotatable bonds is 3. The topological polar surface area (TPSA) is 139 Å². The summed E-state index contributed by atoms with van der Waals surface area (Å²) in [7, 11) is 0. The Bertz CT molecular complexity index is 4100. The molecule has 0 fully saturated rings. The zero-order chi connectivity index (χ0) is 52.3. The first kappa shape index (κ1) is 54.1. The summed E-state index contributed by atoms with van der Waals surface area (Å²) < 4.78 is 18.7. The van der Waals surface area contributed by atoms with E-state index >= 15 is 0 Å². The Morgan fingerprint density at radius 1 is 0.282 bits per heavy atom. The van der Waals surface area contributed by atoms with Gasteiger partial charge in [-0.05, 0) is 107 Å². The van der Waals surface area contributed by atoms with Gasteiger partial charge in [0.05, 0.1) is 33.8 Å². The number of furan rings is 3. The predicted octanol–water partition coefficient (Wildman–Crippen LogP) is 18.2. The number of aromatic nitrogens is 3. The van der Waals surface area contributed by atoms with E-state index in [0.29, 0.717) is 50.5 Å². The molecule has 0 saturated carbocycles. The van der Waals surface area contributed by atoms with E-state index in [-0.39, 0.29) is 56.2 Å². The molecule has 0 bridgehead atoms. The van der Waals surface area contributed by atoms with Crippen molar-refractivity contribution in [1.29, 1.82) is 0 Å². The van der Waals surface area contributed by atoms with Gasteiger partial charge in [-0.25, -0.2) is 0 Å². The second-order valence-electron chi connectivity index (χ2n) is 17.5. The van der Waals surface area contributed by atoms with Gasteiger partial charge in [0.2, 0.25) is 0 Å². The zero-order valence-electron chi connectivity index (χ0n) is 43.0. The molecular formula is C67H49N3O6Zn2. The van der Waals surface area contributed by atoms with E-state index in [2.05, 4.69) is 102 Å². The third kappa shape index (κ3) is 9.72. The third-order valence-corrected chi connectivity index (χ3v) is 13.3. The maximum Gasteiger partial charge on any atom is 2.00 e. The van der Waals surface area contributed by atoms with E-state index in [1.807, 2.05) is 109 Å². The van der Waals surface area contributed by atoms with Gasteiger partial charge in [-0.15, -0.1) is 0 Å². The van der Waals surface area contributed by atoms with E-state index in [1.165, 1.54) is 0 Å². The zero-order valence-corrected chi connectivity index (χ0v) is 49.0. The Labute approximate surface area is 475 Å². The van der Waals surface area contributed by atoms with Crippen molar-refractivity contribution in [3.8, 4) is 51.0 Å². The summed E-state index contributed by atoms with van der Waals surface area (Å²) in [6.45, 7) is 10.0.